The van der Waals surface area contributed by atoms with Crippen LogP contribution in [-0.4, -0.2) is 10.8 Å². The first-order valence-corrected chi connectivity index (χ1v) is 9.54. The molecule has 0 radical (unpaired) electrons. The zero-order valence-electron chi connectivity index (χ0n) is 15.7. The first-order valence-electron chi connectivity index (χ1n) is 9.17. The average Bonchev–Trinajstić information content (AvgIpc) is 2.72. The maximum absolute atomic E-state index is 13.9. The number of allylic oxidation sites excluding steroid dienone is 1. The van der Waals surface area contributed by atoms with Crippen LogP contribution in [0.1, 0.15) is 21.6 Å². The predicted molar refractivity (Wildman–Crippen MR) is 117 cm³/mol. The number of nitrogens with zero attached hydrogens (tertiary/aromatic N) is 1. The molecule has 1 heterocycles. The Hall–Kier alpha value is -3.30. The van der Waals surface area contributed by atoms with Gasteiger partial charge in [0.2, 0.25) is 0 Å². The van der Waals surface area contributed by atoms with E-state index in [1.165, 1.54) is 18.2 Å². The zero-order valence-corrected chi connectivity index (χ0v) is 16.5. The van der Waals surface area contributed by atoms with Gasteiger partial charge in [-0.05, 0) is 42.8 Å². The fraction of sp³-hybridized carbons (Fsp3) is 0.0400. The lowest BCUT2D eigenvalue weighted by Gasteiger charge is -2.14. The molecule has 0 aliphatic heterocycles. The number of hydrogen-bond acceptors (Lipinski definition) is 2. The molecule has 0 N–H and O–H groups in total. The highest BCUT2D eigenvalue weighted by atomic mass is 35.5. The minimum Gasteiger partial charge on any atom is -0.289 e. The van der Waals surface area contributed by atoms with Crippen LogP contribution in [-0.2, 0) is 0 Å². The lowest BCUT2D eigenvalue weighted by atomic mass is 9.92. The summed E-state index contributed by atoms with van der Waals surface area (Å²) in [6.07, 6.45) is 2.90. The molecule has 0 fully saturated rings. The van der Waals surface area contributed by atoms with Crippen molar-refractivity contribution in [3.8, 4) is 11.1 Å². The van der Waals surface area contributed by atoms with Crippen molar-refractivity contribution in [2.75, 3.05) is 0 Å². The van der Waals surface area contributed by atoms with E-state index in [9.17, 15) is 9.18 Å². The van der Waals surface area contributed by atoms with Gasteiger partial charge < -0.3 is 0 Å². The molecule has 0 amide bonds. The molecule has 0 saturated heterocycles. The summed E-state index contributed by atoms with van der Waals surface area (Å²) in [5.41, 5.74) is 3.89. The van der Waals surface area contributed by atoms with Gasteiger partial charge in [-0.1, -0.05) is 66.2 Å². The van der Waals surface area contributed by atoms with Crippen molar-refractivity contribution in [2.45, 2.75) is 6.92 Å². The molecule has 0 bridgehead atoms. The summed E-state index contributed by atoms with van der Waals surface area (Å²) in [6, 6.07) is 21.5. The Kier molecular flexibility index (Phi) is 5.24. The fourth-order valence-electron chi connectivity index (χ4n) is 3.43. The summed E-state index contributed by atoms with van der Waals surface area (Å²) in [4.78, 5) is 17.8. The Balaban J connectivity index is 1.92. The number of aromatic nitrogens is 1. The molecule has 1 aromatic heterocycles. The molecule has 0 saturated carbocycles. The fourth-order valence-corrected chi connectivity index (χ4v) is 3.59. The number of hydrogen-bond donors (Lipinski definition) is 0. The summed E-state index contributed by atoms with van der Waals surface area (Å²) in [5.74, 6) is -0.600. The van der Waals surface area contributed by atoms with Crippen molar-refractivity contribution in [3.63, 3.8) is 0 Å². The van der Waals surface area contributed by atoms with Gasteiger partial charge in [-0.15, -0.1) is 0 Å². The second kappa shape index (κ2) is 7.98. The molecule has 0 atom stereocenters. The monoisotopic (exact) mass is 401 g/mol. The van der Waals surface area contributed by atoms with Crippen LogP contribution in [0.2, 0.25) is 5.02 Å². The molecule has 0 aliphatic carbocycles. The number of rotatable bonds is 4. The Morgan fingerprint density at radius 3 is 2.48 bits per heavy atom. The molecule has 0 spiro atoms. The maximum Gasteiger partial charge on any atom is 0.188 e. The van der Waals surface area contributed by atoms with E-state index in [2.05, 4.69) is 4.98 Å². The third-order valence-electron chi connectivity index (χ3n) is 4.76. The number of pyridine rings is 1. The number of carbonyl (C=O) groups excluding carboxylic acids is 1. The second-order valence-corrected chi connectivity index (χ2v) is 7.13. The number of benzene rings is 3. The molecule has 2 nitrogen and oxygen atoms in total. The number of fused-ring (bicyclic) bond motifs is 1. The molecule has 4 aromatic rings. The molecule has 29 heavy (non-hydrogen) atoms. The Morgan fingerprint density at radius 2 is 1.72 bits per heavy atom. The summed E-state index contributed by atoms with van der Waals surface area (Å²) < 4.78 is 13.9. The third kappa shape index (κ3) is 3.82. The summed E-state index contributed by atoms with van der Waals surface area (Å²) >= 11 is 6.15. The SMILES string of the molecule is Cc1nc2cc(Cl)ccc2c(-c2ccccc2)c1C(=O)C=Cc1ccccc1F. The molecule has 142 valence electrons. The number of aryl methyl sites for hydroxylation is 1. The maximum atomic E-state index is 13.9. The van der Waals surface area contributed by atoms with Crippen LogP contribution in [0.15, 0.2) is 78.9 Å². The normalized spacial score (nSPS) is 11.3. The lowest BCUT2D eigenvalue weighted by Crippen LogP contribution is -2.05. The molecule has 0 aliphatic rings. The second-order valence-electron chi connectivity index (χ2n) is 6.69. The third-order valence-corrected chi connectivity index (χ3v) is 4.99. The molecule has 3 aromatic carbocycles. The molecule has 4 rings (SSSR count). The molecular formula is C25H17ClFNO. The topological polar surface area (TPSA) is 30.0 Å². The van der Waals surface area contributed by atoms with E-state index in [4.69, 9.17) is 11.6 Å². The van der Waals surface area contributed by atoms with Gasteiger partial charge in [0.25, 0.3) is 0 Å². The van der Waals surface area contributed by atoms with Crippen molar-refractivity contribution in [3.05, 3.63) is 107 Å². The lowest BCUT2D eigenvalue weighted by molar-refractivity contribution is 0.104. The molecule has 4 heteroatoms. The van der Waals surface area contributed by atoms with Crippen molar-refractivity contribution >= 4 is 34.4 Å². The van der Waals surface area contributed by atoms with E-state index in [0.717, 1.165) is 22.0 Å². The quantitative estimate of drug-likeness (QED) is 0.275. The van der Waals surface area contributed by atoms with Crippen molar-refractivity contribution in [1.29, 1.82) is 0 Å². The summed E-state index contributed by atoms with van der Waals surface area (Å²) in [5, 5.41) is 1.43. The van der Waals surface area contributed by atoms with Crippen molar-refractivity contribution < 1.29 is 9.18 Å². The highest BCUT2D eigenvalue weighted by Gasteiger charge is 2.19. The van der Waals surface area contributed by atoms with Gasteiger partial charge >= 0.3 is 0 Å². The van der Waals surface area contributed by atoms with Gasteiger partial charge in [-0.25, -0.2) is 4.39 Å². The Labute approximate surface area is 173 Å². The molecule has 0 unspecified atom stereocenters. The van der Waals surface area contributed by atoms with Crippen molar-refractivity contribution in [2.24, 2.45) is 0 Å². The molecular weight excluding hydrogens is 385 g/mol. The summed E-state index contributed by atoms with van der Waals surface area (Å²) in [6.45, 7) is 1.80. The first kappa shape index (κ1) is 19.0. The van der Waals surface area contributed by atoms with Gasteiger partial charge in [-0.2, -0.15) is 0 Å². The van der Waals surface area contributed by atoms with Crippen LogP contribution in [0.3, 0.4) is 0 Å². The van der Waals surface area contributed by atoms with Gasteiger partial charge in [0.1, 0.15) is 5.82 Å². The number of carbonyl (C=O) groups is 1. The van der Waals surface area contributed by atoms with Crippen LogP contribution >= 0.6 is 11.6 Å². The summed E-state index contributed by atoms with van der Waals surface area (Å²) in [7, 11) is 0. The highest BCUT2D eigenvalue weighted by molar-refractivity contribution is 6.31. The van der Waals surface area contributed by atoms with E-state index >= 15 is 0 Å². The smallest absolute Gasteiger partial charge is 0.188 e. The largest absolute Gasteiger partial charge is 0.289 e. The van der Waals surface area contributed by atoms with E-state index in [1.54, 1.807) is 37.3 Å². The van der Waals surface area contributed by atoms with E-state index in [1.807, 2.05) is 36.4 Å². The van der Waals surface area contributed by atoms with Crippen molar-refractivity contribution in [1.82, 2.24) is 4.98 Å². The first-order chi connectivity index (χ1) is 14.0. The van der Waals surface area contributed by atoms with Crippen LogP contribution in [0.25, 0.3) is 28.1 Å². The Morgan fingerprint density at radius 1 is 1.00 bits per heavy atom. The minimum atomic E-state index is -0.372. The number of halogens is 2. The van der Waals surface area contributed by atoms with Crippen LogP contribution in [0.4, 0.5) is 4.39 Å². The van der Waals surface area contributed by atoms with Gasteiger partial charge in [0, 0.05) is 27.2 Å². The van der Waals surface area contributed by atoms with E-state index in [0.29, 0.717) is 21.8 Å². The van der Waals surface area contributed by atoms with E-state index < -0.39 is 0 Å². The van der Waals surface area contributed by atoms with Crippen LogP contribution in [0, 0.1) is 12.7 Å². The van der Waals surface area contributed by atoms with Crippen LogP contribution < -0.4 is 0 Å². The van der Waals surface area contributed by atoms with Gasteiger partial charge in [0.05, 0.1) is 11.1 Å². The van der Waals surface area contributed by atoms with E-state index in [-0.39, 0.29) is 11.6 Å². The predicted octanol–water partition coefficient (Wildman–Crippen LogP) is 6.90. The van der Waals surface area contributed by atoms with Gasteiger partial charge in [0.15, 0.2) is 5.78 Å². The standard InChI is InChI=1S/C25H17ClFNO/c1-16-24(23(29)14-11-17-7-5-6-10-21(17)27)25(18-8-3-2-4-9-18)20-13-12-19(26)15-22(20)28-16/h2-15H,1H3. The number of ketones is 1. The van der Waals surface area contributed by atoms with Crippen LogP contribution in [0.5, 0.6) is 0 Å². The van der Waals surface area contributed by atoms with Gasteiger partial charge in [-0.3, -0.25) is 9.78 Å². The highest BCUT2D eigenvalue weighted by Crippen LogP contribution is 2.34. The Bertz CT molecular complexity index is 1250. The average molecular weight is 402 g/mol. The minimum absolute atomic E-state index is 0.228. The zero-order chi connectivity index (χ0) is 20.4.